The zero-order chi connectivity index (χ0) is 14.1. The zero-order valence-corrected chi connectivity index (χ0v) is 11.2. The molecule has 1 amide bonds. The van der Waals surface area contributed by atoms with Gasteiger partial charge in [-0.05, 0) is 26.8 Å². The molecule has 1 N–H and O–H groups in total. The highest BCUT2D eigenvalue weighted by atomic mass is 16.6. The first-order chi connectivity index (χ1) is 8.36. The molecule has 1 saturated heterocycles. The highest BCUT2D eigenvalue weighted by Gasteiger charge is 2.24. The quantitative estimate of drug-likeness (QED) is 0.455. The Kier molecular flexibility index (Phi) is 7.71. The van der Waals surface area contributed by atoms with Crippen molar-refractivity contribution in [2.75, 3.05) is 13.2 Å². The second-order valence-corrected chi connectivity index (χ2v) is 4.20. The molecule has 1 aliphatic heterocycles. The van der Waals surface area contributed by atoms with Crippen LogP contribution in [0.15, 0.2) is 24.8 Å². The van der Waals surface area contributed by atoms with Gasteiger partial charge in [-0.1, -0.05) is 13.2 Å². The van der Waals surface area contributed by atoms with Crippen LogP contribution in [0.25, 0.3) is 0 Å². The molecule has 102 valence electrons. The van der Waals surface area contributed by atoms with Crippen molar-refractivity contribution in [3.05, 3.63) is 24.8 Å². The van der Waals surface area contributed by atoms with Crippen LogP contribution >= 0.6 is 0 Å². The summed E-state index contributed by atoms with van der Waals surface area (Å²) in [5.41, 5.74) is 0.431. The minimum atomic E-state index is -0.337. The van der Waals surface area contributed by atoms with Crippen LogP contribution in [0.3, 0.4) is 0 Å². The van der Waals surface area contributed by atoms with Crippen LogP contribution in [0.4, 0.5) is 0 Å². The molecule has 0 aromatic rings. The lowest BCUT2D eigenvalue weighted by Crippen LogP contribution is -2.27. The molecule has 0 aromatic heterocycles. The van der Waals surface area contributed by atoms with Crippen LogP contribution in [-0.2, 0) is 19.1 Å². The molecule has 1 atom stereocenters. The van der Waals surface area contributed by atoms with Crippen LogP contribution in [0.5, 0.6) is 0 Å². The summed E-state index contributed by atoms with van der Waals surface area (Å²) in [5.74, 6) is -0.449. The molecule has 0 saturated carbocycles. The predicted molar refractivity (Wildman–Crippen MR) is 69.0 cm³/mol. The van der Waals surface area contributed by atoms with Gasteiger partial charge >= 0.3 is 5.97 Å². The van der Waals surface area contributed by atoms with E-state index < -0.39 is 0 Å². The number of hydrogen-bond donors (Lipinski definition) is 1. The summed E-state index contributed by atoms with van der Waals surface area (Å²) >= 11 is 0. The van der Waals surface area contributed by atoms with E-state index in [1.165, 1.54) is 6.08 Å². The number of ether oxygens (including phenoxy) is 2. The Morgan fingerprint density at radius 1 is 1.56 bits per heavy atom. The number of rotatable bonds is 5. The minimum Gasteiger partial charge on any atom is -0.459 e. The van der Waals surface area contributed by atoms with E-state index in [0.717, 1.165) is 0 Å². The summed E-state index contributed by atoms with van der Waals surface area (Å²) in [6.45, 7) is 13.2. The van der Waals surface area contributed by atoms with E-state index in [0.29, 0.717) is 18.8 Å². The summed E-state index contributed by atoms with van der Waals surface area (Å²) in [5, 5.41) is 2.64. The molecule has 0 aromatic carbocycles. The lowest BCUT2D eigenvalue weighted by atomic mass is 10.4. The average Bonchev–Trinajstić information content (AvgIpc) is 3.09. The topological polar surface area (TPSA) is 67.9 Å². The molecule has 1 heterocycles. The van der Waals surface area contributed by atoms with Crippen molar-refractivity contribution in [3.63, 3.8) is 0 Å². The van der Waals surface area contributed by atoms with Crippen molar-refractivity contribution in [3.8, 4) is 0 Å². The lowest BCUT2D eigenvalue weighted by Gasteiger charge is -2.02. The Labute approximate surface area is 108 Å². The first-order valence-corrected chi connectivity index (χ1v) is 5.74. The van der Waals surface area contributed by atoms with Gasteiger partial charge < -0.3 is 14.8 Å². The molecule has 1 aliphatic rings. The van der Waals surface area contributed by atoms with Crippen molar-refractivity contribution < 1.29 is 19.1 Å². The van der Waals surface area contributed by atoms with Gasteiger partial charge in [-0.15, -0.1) is 0 Å². The number of esters is 1. The summed E-state index contributed by atoms with van der Waals surface area (Å²) < 4.78 is 9.60. The summed E-state index contributed by atoms with van der Waals surface area (Å²) in [6.07, 6.45) is 1.41. The molecular weight excluding hydrogens is 234 g/mol. The molecule has 0 bridgehead atoms. The molecule has 1 fully saturated rings. The summed E-state index contributed by atoms with van der Waals surface area (Å²) in [4.78, 5) is 21.1. The van der Waals surface area contributed by atoms with Crippen molar-refractivity contribution in [2.24, 2.45) is 0 Å². The largest absolute Gasteiger partial charge is 0.459 e. The number of carbonyl (C=O) groups excluding carboxylic acids is 2. The van der Waals surface area contributed by atoms with Crippen molar-refractivity contribution in [1.29, 1.82) is 0 Å². The smallest absolute Gasteiger partial charge is 0.333 e. The second-order valence-electron chi connectivity index (χ2n) is 4.20. The van der Waals surface area contributed by atoms with Crippen LogP contribution < -0.4 is 5.32 Å². The Morgan fingerprint density at radius 3 is 2.39 bits per heavy atom. The molecular formula is C13H21NO4. The Bertz CT molecular complexity index is 319. The SMILES string of the molecule is C=C(C)C(=O)OCC1CO1.C=CC(=O)NC(C)C. The second kappa shape index (κ2) is 8.47. The van der Waals surface area contributed by atoms with Gasteiger partial charge in [0.1, 0.15) is 12.7 Å². The van der Waals surface area contributed by atoms with Gasteiger partial charge in [0.25, 0.3) is 0 Å². The minimum absolute atomic E-state index is 0.111. The third-order valence-electron chi connectivity index (χ3n) is 1.77. The van der Waals surface area contributed by atoms with Crippen LogP contribution in [0.1, 0.15) is 20.8 Å². The highest BCUT2D eigenvalue weighted by Crippen LogP contribution is 2.09. The molecule has 0 radical (unpaired) electrons. The fourth-order valence-electron chi connectivity index (χ4n) is 0.800. The van der Waals surface area contributed by atoms with E-state index >= 15 is 0 Å². The average molecular weight is 255 g/mol. The van der Waals surface area contributed by atoms with Crippen LogP contribution in [0.2, 0.25) is 0 Å². The molecule has 0 aliphatic carbocycles. The number of nitrogens with one attached hydrogen (secondary N) is 1. The molecule has 5 nitrogen and oxygen atoms in total. The maximum absolute atomic E-state index is 10.7. The monoisotopic (exact) mass is 255 g/mol. The van der Waals surface area contributed by atoms with E-state index in [1.807, 2.05) is 13.8 Å². The molecule has 1 rings (SSSR count). The van der Waals surface area contributed by atoms with E-state index in [9.17, 15) is 9.59 Å². The number of hydrogen-bond acceptors (Lipinski definition) is 4. The standard InChI is InChI=1S/C7H10O3.C6H11NO/c1-5(2)7(8)10-4-6-3-9-6;1-4-6(8)7-5(2)3/h6H,1,3-4H2,2H3;4-5H,1H2,2-3H3,(H,7,8). The van der Waals surface area contributed by atoms with Crippen molar-refractivity contribution in [1.82, 2.24) is 5.32 Å². The molecule has 1 unspecified atom stereocenters. The Morgan fingerprint density at radius 2 is 2.11 bits per heavy atom. The Hall–Kier alpha value is -1.62. The fourth-order valence-corrected chi connectivity index (χ4v) is 0.800. The first-order valence-electron chi connectivity index (χ1n) is 5.74. The zero-order valence-electron chi connectivity index (χ0n) is 11.2. The fraction of sp³-hybridized carbons (Fsp3) is 0.538. The third-order valence-corrected chi connectivity index (χ3v) is 1.77. The third kappa shape index (κ3) is 9.59. The van der Waals surface area contributed by atoms with Gasteiger partial charge in [0.05, 0.1) is 6.61 Å². The van der Waals surface area contributed by atoms with Crippen molar-refractivity contribution >= 4 is 11.9 Å². The van der Waals surface area contributed by atoms with E-state index in [1.54, 1.807) is 6.92 Å². The van der Waals surface area contributed by atoms with E-state index in [-0.39, 0.29) is 24.0 Å². The lowest BCUT2D eigenvalue weighted by molar-refractivity contribution is -0.139. The number of epoxide rings is 1. The van der Waals surface area contributed by atoms with E-state index in [4.69, 9.17) is 9.47 Å². The van der Waals surface area contributed by atoms with E-state index in [2.05, 4.69) is 18.5 Å². The van der Waals surface area contributed by atoms with Gasteiger partial charge in [0.15, 0.2) is 0 Å². The maximum Gasteiger partial charge on any atom is 0.333 e. The van der Waals surface area contributed by atoms with Gasteiger partial charge in [-0.3, -0.25) is 4.79 Å². The normalized spacial score (nSPS) is 16.1. The predicted octanol–water partition coefficient (Wildman–Crippen LogP) is 1.20. The van der Waals surface area contributed by atoms with Crippen molar-refractivity contribution in [2.45, 2.75) is 32.9 Å². The summed E-state index contributed by atoms with van der Waals surface area (Å²) in [7, 11) is 0. The maximum atomic E-state index is 10.7. The number of amides is 1. The van der Waals surface area contributed by atoms with Gasteiger partial charge in [-0.25, -0.2) is 4.79 Å². The van der Waals surface area contributed by atoms with Gasteiger partial charge in [-0.2, -0.15) is 0 Å². The summed E-state index contributed by atoms with van der Waals surface area (Å²) in [6, 6.07) is 0.209. The molecule has 5 heteroatoms. The number of carbonyl (C=O) groups is 2. The van der Waals surface area contributed by atoms with Crippen LogP contribution in [-0.4, -0.2) is 37.2 Å². The molecule has 0 spiro atoms. The Balaban J connectivity index is 0.000000331. The first kappa shape index (κ1) is 16.4. The van der Waals surface area contributed by atoms with Gasteiger partial charge in [0.2, 0.25) is 5.91 Å². The van der Waals surface area contributed by atoms with Gasteiger partial charge in [0, 0.05) is 11.6 Å². The highest BCUT2D eigenvalue weighted by molar-refractivity contribution is 5.87. The van der Waals surface area contributed by atoms with Crippen LogP contribution in [0, 0.1) is 0 Å². The molecule has 18 heavy (non-hydrogen) atoms.